The van der Waals surface area contributed by atoms with E-state index in [4.69, 9.17) is 9.47 Å². The summed E-state index contributed by atoms with van der Waals surface area (Å²) in [6, 6.07) is 22.1. The van der Waals surface area contributed by atoms with Crippen LogP contribution in [0, 0.1) is 22.1 Å². The molecule has 1 amide bonds. The molecule has 338 valence electrons. The number of aromatic amines is 1. The van der Waals surface area contributed by atoms with Crippen molar-refractivity contribution >= 4 is 46.0 Å². The van der Waals surface area contributed by atoms with Crippen LogP contribution in [0.2, 0.25) is 0 Å². The fourth-order valence-corrected chi connectivity index (χ4v) is 11.4. The number of pyridine rings is 1. The average Bonchev–Trinajstić information content (AvgIpc) is 3.93. The van der Waals surface area contributed by atoms with E-state index in [1.54, 1.807) is 23.8 Å². The normalized spacial score (nSPS) is 23.3. The van der Waals surface area contributed by atoms with Crippen LogP contribution in [0.4, 0.5) is 21.5 Å². The molecule has 0 radical (unpaired) electrons. The molecule has 1 unspecified atom stereocenters. The molecule has 1 spiro atoms. The summed E-state index contributed by atoms with van der Waals surface area (Å²) in [6.07, 6.45) is 10.5. The van der Waals surface area contributed by atoms with E-state index in [1.807, 2.05) is 25.1 Å². The number of piperidine rings is 1. The van der Waals surface area contributed by atoms with Crippen molar-refractivity contribution in [3.8, 4) is 17.4 Å². The van der Waals surface area contributed by atoms with Crippen molar-refractivity contribution < 1.29 is 23.8 Å². The molecule has 2 saturated heterocycles. The van der Waals surface area contributed by atoms with E-state index in [1.165, 1.54) is 44.2 Å². The maximum Gasteiger partial charge on any atom is 0.265 e. The first-order valence-electron chi connectivity index (χ1n) is 22.9. The first-order chi connectivity index (χ1) is 30.9. The highest BCUT2D eigenvalue weighted by atomic mass is 32.2. The Balaban J connectivity index is 0.888. The van der Waals surface area contributed by atoms with Gasteiger partial charge in [-0.2, -0.15) is 4.98 Å². The minimum atomic E-state index is -0.610. The molecule has 12 nitrogen and oxygen atoms in total. The lowest BCUT2D eigenvalue weighted by Crippen LogP contribution is -2.63. The lowest BCUT2D eigenvalue weighted by Gasteiger charge is -2.57. The Morgan fingerprint density at radius 1 is 1.02 bits per heavy atom. The third-order valence-corrected chi connectivity index (χ3v) is 15.3. The molecule has 2 aliphatic heterocycles. The number of nitrogens with one attached hydrogen (secondary N) is 3. The van der Waals surface area contributed by atoms with Crippen LogP contribution in [-0.2, 0) is 0 Å². The van der Waals surface area contributed by atoms with Crippen molar-refractivity contribution in [2.45, 2.75) is 107 Å². The number of carbonyl (C=O) groups excluding carboxylic acids is 1. The molecule has 64 heavy (non-hydrogen) atoms. The predicted octanol–water partition coefficient (Wildman–Crippen LogP) is 11.1. The predicted molar refractivity (Wildman–Crippen MR) is 252 cm³/mol. The van der Waals surface area contributed by atoms with Gasteiger partial charge in [0.25, 0.3) is 11.8 Å². The number of hydrogen-bond donors (Lipinski definition) is 4. The number of nitroso groups, excluding NO2 is 1. The zero-order valence-electron chi connectivity index (χ0n) is 37.3. The molecule has 2 saturated carbocycles. The lowest BCUT2D eigenvalue weighted by molar-refractivity contribution is -0.0493. The number of carbonyl (C=O) groups is 1. The van der Waals surface area contributed by atoms with Crippen LogP contribution in [-0.4, -0.2) is 77.4 Å². The van der Waals surface area contributed by atoms with E-state index >= 15 is 0 Å². The van der Waals surface area contributed by atoms with Crippen LogP contribution in [0.1, 0.15) is 112 Å². The molecule has 9 rings (SSSR count). The number of amides is 1. The van der Waals surface area contributed by atoms with Crippen LogP contribution in [0.5, 0.6) is 17.4 Å². The van der Waals surface area contributed by atoms with Crippen molar-refractivity contribution in [2.24, 2.45) is 16.5 Å². The molecule has 0 bridgehead atoms. The fraction of sp³-hybridized carbons (Fsp3) is 0.480. The maximum atomic E-state index is 14.8. The number of halogens is 1. The monoisotopic (exact) mass is 889 g/mol. The molecule has 2 atom stereocenters. The van der Waals surface area contributed by atoms with Crippen molar-refractivity contribution in [3.63, 3.8) is 0 Å². The Morgan fingerprint density at radius 2 is 1.80 bits per heavy atom. The number of H-pyrrole nitrogens is 1. The Morgan fingerprint density at radius 3 is 2.55 bits per heavy atom. The molecule has 4 fully saturated rings. The number of rotatable bonds is 14. The van der Waals surface area contributed by atoms with E-state index in [0.717, 1.165) is 82.3 Å². The number of ether oxygens (including phenoxy) is 2. The van der Waals surface area contributed by atoms with Gasteiger partial charge in [0.05, 0.1) is 29.3 Å². The molecule has 5 aromatic rings. The molecule has 2 aliphatic carbocycles. The zero-order valence-corrected chi connectivity index (χ0v) is 38.1. The van der Waals surface area contributed by atoms with Gasteiger partial charge in [-0.15, -0.1) is 4.91 Å². The topological polar surface area (TPSA) is 144 Å². The lowest BCUT2D eigenvalue weighted by atomic mass is 9.70. The van der Waals surface area contributed by atoms with E-state index in [9.17, 15) is 19.2 Å². The largest absolute Gasteiger partial charge is 0.478 e. The van der Waals surface area contributed by atoms with Crippen LogP contribution in [0.3, 0.4) is 0 Å². The molecule has 4 N–H and O–H groups in total. The summed E-state index contributed by atoms with van der Waals surface area (Å²) in [5.74, 6) is 1.19. The van der Waals surface area contributed by atoms with Crippen LogP contribution < -0.4 is 24.4 Å². The van der Waals surface area contributed by atoms with E-state index in [2.05, 4.69) is 73.1 Å². The standard InChI is InChI=1S/C50H60FN7O5S/c1-31(2)35-8-5-6-9-36(35)37-10-7-11-43(37)58-29-50(30-58)20-22-57(23-21-50)33-12-14-38(44(24-33)63-45-26-39-40(51)28-53-46(39)54-48(45)62-4)47(59)56-64-34-13-15-41(42(25-34)55-61)52-27-32-16-18-49(3,60)19-17-32/h5-6,8-9,12-15,24-26,28,31-32,37,43,52,60H,7,10-11,16-23,27,29-30H2,1-4H3,(H,53,54)(H,56,59)/t32-,37-,43?,49-/m0/s1. The summed E-state index contributed by atoms with van der Waals surface area (Å²) in [7, 11) is 1.47. The molecular weight excluding hydrogens is 830 g/mol. The minimum Gasteiger partial charge on any atom is -0.478 e. The number of anilines is 2. The summed E-state index contributed by atoms with van der Waals surface area (Å²) in [4.78, 5) is 38.9. The highest BCUT2D eigenvalue weighted by Gasteiger charge is 2.49. The first kappa shape index (κ1) is 44.0. The molecule has 14 heteroatoms. The van der Waals surface area contributed by atoms with Crippen LogP contribution in [0.15, 0.2) is 83.0 Å². The highest BCUT2D eigenvalue weighted by molar-refractivity contribution is 7.98. The smallest absolute Gasteiger partial charge is 0.265 e. The number of aliphatic hydroxyl groups is 1. The van der Waals surface area contributed by atoms with Crippen LogP contribution >= 0.6 is 11.9 Å². The van der Waals surface area contributed by atoms with Gasteiger partial charge in [0.2, 0.25) is 0 Å². The average molecular weight is 890 g/mol. The molecule has 3 aromatic carbocycles. The second-order valence-electron chi connectivity index (χ2n) is 19.2. The van der Waals surface area contributed by atoms with Gasteiger partial charge in [-0.1, -0.05) is 44.5 Å². The summed E-state index contributed by atoms with van der Waals surface area (Å²) >= 11 is 1.07. The molecule has 4 aliphatic rings. The van der Waals surface area contributed by atoms with Crippen molar-refractivity contribution in [1.82, 2.24) is 19.6 Å². The first-order valence-corrected chi connectivity index (χ1v) is 23.8. The summed E-state index contributed by atoms with van der Waals surface area (Å²) in [5, 5.41) is 17.2. The van der Waals surface area contributed by atoms with Gasteiger partial charge in [0.1, 0.15) is 22.9 Å². The van der Waals surface area contributed by atoms with Gasteiger partial charge in [-0.05, 0) is 140 Å². The maximum absolute atomic E-state index is 14.8. The zero-order chi connectivity index (χ0) is 44.6. The van der Waals surface area contributed by atoms with Gasteiger partial charge in [-0.3, -0.25) is 14.4 Å². The van der Waals surface area contributed by atoms with Gasteiger partial charge in [-0.25, -0.2) is 4.39 Å². The highest BCUT2D eigenvalue weighted by Crippen LogP contribution is 2.49. The van der Waals surface area contributed by atoms with Gasteiger partial charge < -0.3 is 29.8 Å². The molecule has 4 heterocycles. The SMILES string of the molecule is COc1nc2[nH]cc(F)c2cc1Oc1cc(N2CCC3(CC2)CN(C2CCC[C@H]2c2ccccc2C(C)C)C3)ccc1C(=O)NSc1ccc(NC[C@H]2CC[C@](C)(O)CC2)c(N=O)c1. The number of hydrogen-bond acceptors (Lipinski definition) is 11. The summed E-state index contributed by atoms with van der Waals surface area (Å²) in [5.41, 5.74) is 5.11. The molecular formula is C50H60FN7O5S. The van der Waals surface area contributed by atoms with E-state index in [0.29, 0.717) is 52.0 Å². The summed E-state index contributed by atoms with van der Waals surface area (Å²) in [6.45, 7) is 11.2. The van der Waals surface area contributed by atoms with E-state index in [-0.39, 0.29) is 34.0 Å². The van der Waals surface area contributed by atoms with Crippen LogP contribution in [0.25, 0.3) is 11.0 Å². The third kappa shape index (κ3) is 9.19. The fourth-order valence-electron chi connectivity index (χ4n) is 10.7. The Bertz CT molecular complexity index is 2490. The number of nitrogens with zero attached hydrogens (tertiary/aromatic N) is 4. The van der Waals surface area contributed by atoms with Crippen molar-refractivity contribution in [3.05, 3.63) is 100 Å². The van der Waals surface area contributed by atoms with E-state index < -0.39 is 17.3 Å². The Kier molecular flexibility index (Phi) is 12.6. The number of likely N-dealkylation sites (tertiary alicyclic amines) is 1. The second kappa shape index (κ2) is 18.4. The third-order valence-electron chi connectivity index (χ3n) is 14.5. The summed E-state index contributed by atoms with van der Waals surface area (Å²) < 4.78 is 29.7. The van der Waals surface area contributed by atoms with Gasteiger partial charge in [0.15, 0.2) is 5.75 Å². The van der Waals surface area contributed by atoms with Crippen molar-refractivity contribution in [2.75, 3.05) is 50.1 Å². The second-order valence-corrected chi connectivity index (χ2v) is 20.1. The Labute approximate surface area is 379 Å². The van der Waals surface area contributed by atoms with Gasteiger partial charge >= 0.3 is 0 Å². The van der Waals surface area contributed by atoms with Crippen molar-refractivity contribution in [1.29, 1.82) is 0 Å². The number of benzene rings is 3. The quantitative estimate of drug-likeness (QED) is 0.0628. The Hall–Kier alpha value is -5.18. The molecule has 2 aromatic heterocycles. The van der Waals surface area contributed by atoms with Gasteiger partial charge in [0, 0.05) is 67.7 Å². The number of aromatic nitrogens is 2. The number of methoxy groups -OCH3 is 1. The number of fused-ring (bicyclic) bond motifs is 1. The minimum absolute atomic E-state index is 0.144.